The zero-order chi connectivity index (χ0) is 8.91. The lowest BCUT2D eigenvalue weighted by Gasteiger charge is -2.24. The van der Waals surface area contributed by atoms with Crippen LogP contribution in [-0.4, -0.2) is 10.8 Å². The molecule has 1 atom stereocenters. The van der Waals surface area contributed by atoms with Gasteiger partial charge in [-0.1, -0.05) is 13.3 Å². The van der Waals surface area contributed by atoms with E-state index in [1.807, 2.05) is 0 Å². The van der Waals surface area contributed by atoms with Gasteiger partial charge in [-0.25, -0.2) is 0 Å². The molecular weight excluding hydrogens is 179 g/mol. The Bertz CT molecular complexity index is 94.2. The van der Waals surface area contributed by atoms with Crippen molar-refractivity contribution in [2.45, 2.75) is 44.9 Å². The molecule has 1 unspecified atom stereocenters. The highest BCUT2D eigenvalue weighted by Crippen LogP contribution is 2.27. The van der Waals surface area contributed by atoms with Crippen molar-refractivity contribution < 1.29 is 0 Å². The van der Waals surface area contributed by atoms with Gasteiger partial charge in [0.05, 0.1) is 0 Å². The van der Waals surface area contributed by atoms with Crippen LogP contribution in [0.25, 0.3) is 0 Å². The SMILES string of the molecule is CC(CCCCCl)C(C)(C)Cl. The maximum absolute atomic E-state index is 6.13. The van der Waals surface area contributed by atoms with E-state index in [0.29, 0.717) is 5.92 Å². The Morgan fingerprint density at radius 1 is 1.27 bits per heavy atom. The van der Waals surface area contributed by atoms with E-state index in [1.54, 1.807) is 0 Å². The van der Waals surface area contributed by atoms with Crippen molar-refractivity contribution >= 4 is 23.2 Å². The largest absolute Gasteiger partial charge is 0.127 e. The summed E-state index contributed by atoms with van der Waals surface area (Å²) in [6.07, 6.45) is 3.49. The Kier molecular flexibility index (Phi) is 5.54. The predicted molar refractivity (Wildman–Crippen MR) is 53.7 cm³/mol. The third kappa shape index (κ3) is 5.81. The third-order valence-electron chi connectivity index (χ3n) is 2.19. The predicted octanol–water partition coefficient (Wildman–Crippen LogP) is 4.05. The molecular formula is C9H18Cl2. The molecule has 0 nitrogen and oxygen atoms in total. The van der Waals surface area contributed by atoms with Crippen LogP contribution >= 0.6 is 23.2 Å². The standard InChI is InChI=1S/C9H18Cl2/c1-8(9(2,3)11)6-4-5-7-10/h8H,4-7H2,1-3H3. The summed E-state index contributed by atoms with van der Waals surface area (Å²) in [7, 11) is 0. The van der Waals surface area contributed by atoms with Gasteiger partial charge >= 0.3 is 0 Å². The highest BCUT2D eigenvalue weighted by atomic mass is 35.5. The molecule has 0 aliphatic rings. The van der Waals surface area contributed by atoms with Gasteiger partial charge in [0, 0.05) is 10.8 Å². The Labute approximate surface area is 80.3 Å². The normalized spacial score (nSPS) is 15.0. The molecule has 0 spiro atoms. The van der Waals surface area contributed by atoms with Gasteiger partial charge in [-0.05, 0) is 32.6 Å². The minimum atomic E-state index is -0.0632. The average Bonchev–Trinajstić information content (AvgIpc) is 1.86. The van der Waals surface area contributed by atoms with E-state index in [0.717, 1.165) is 12.3 Å². The zero-order valence-corrected chi connectivity index (χ0v) is 9.17. The van der Waals surface area contributed by atoms with Crippen molar-refractivity contribution in [2.24, 2.45) is 5.92 Å². The summed E-state index contributed by atoms with van der Waals surface area (Å²) in [6, 6.07) is 0. The number of hydrogen-bond acceptors (Lipinski definition) is 0. The number of rotatable bonds is 5. The molecule has 0 aliphatic heterocycles. The summed E-state index contributed by atoms with van der Waals surface area (Å²) in [5, 5.41) is 0. The van der Waals surface area contributed by atoms with Crippen LogP contribution in [0.4, 0.5) is 0 Å². The highest BCUT2D eigenvalue weighted by molar-refractivity contribution is 6.23. The summed E-state index contributed by atoms with van der Waals surface area (Å²) in [5.74, 6) is 1.35. The van der Waals surface area contributed by atoms with E-state index in [1.165, 1.54) is 12.8 Å². The molecule has 0 aliphatic carbocycles. The number of unbranched alkanes of at least 4 members (excludes halogenated alkanes) is 1. The van der Waals surface area contributed by atoms with Crippen molar-refractivity contribution in [1.82, 2.24) is 0 Å². The van der Waals surface area contributed by atoms with Crippen LogP contribution in [0.15, 0.2) is 0 Å². The van der Waals surface area contributed by atoms with Crippen LogP contribution in [0.2, 0.25) is 0 Å². The van der Waals surface area contributed by atoms with Crippen molar-refractivity contribution in [3.8, 4) is 0 Å². The van der Waals surface area contributed by atoms with Crippen molar-refractivity contribution in [3.63, 3.8) is 0 Å². The first kappa shape index (κ1) is 11.6. The van der Waals surface area contributed by atoms with Gasteiger partial charge in [0.1, 0.15) is 0 Å². The number of hydrogen-bond donors (Lipinski definition) is 0. The van der Waals surface area contributed by atoms with E-state index < -0.39 is 0 Å². The zero-order valence-electron chi connectivity index (χ0n) is 7.66. The Balaban J connectivity index is 3.44. The number of alkyl halides is 2. The van der Waals surface area contributed by atoms with Crippen LogP contribution in [0.5, 0.6) is 0 Å². The van der Waals surface area contributed by atoms with E-state index in [4.69, 9.17) is 23.2 Å². The first-order chi connectivity index (χ1) is 4.98. The summed E-state index contributed by atoms with van der Waals surface area (Å²) in [6.45, 7) is 6.33. The fourth-order valence-corrected chi connectivity index (χ4v) is 1.19. The van der Waals surface area contributed by atoms with Crippen molar-refractivity contribution in [3.05, 3.63) is 0 Å². The minimum absolute atomic E-state index is 0.0632. The van der Waals surface area contributed by atoms with Crippen LogP contribution in [0.1, 0.15) is 40.0 Å². The van der Waals surface area contributed by atoms with Gasteiger partial charge in [0.15, 0.2) is 0 Å². The van der Waals surface area contributed by atoms with Gasteiger partial charge in [0.25, 0.3) is 0 Å². The van der Waals surface area contributed by atoms with Crippen molar-refractivity contribution in [1.29, 1.82) is 0 Å². The quantitative estimate of drug-likeness (QED) is 0.460. The molecule has 0 heterocycles. The van der Waals surface area contributed by atoms with Crippen LogP contribution in [0.3, 0.4) is 0 Å². The third-order valence-corrected chi connectivity index (χ3v) is 2.83. The summed E-state index contributed by atoms with van der Waals surface area (Å²) in [4.78, 5) is -0.0632. The van der Waals surface area contributed by atoms with Crippen LogP contribution in [-0.2, 0) is 0 Å². The van der Waals surface area contributed by atoms with Gasteiger partial charge in [-0.15, -0.1) is 23.2 Å². The lowest BCUT2D eigenvalue weighted by Crippen LogP contribution is -2.21. The van der Waals surface area contributed by atoms with Crippen LogP contribution in [0, 0.1) is 5.92 Å². The molecule has 2 heteroatoms. The average molecular weight is 197 g/mol. The van der Waals surface area contributed by atoms with Gasteiger partial charge in [-0.3, -0.25) is 0 Å². The Morgan fingerprint density at radius 2 is 1.82 bits per heavy atom. The molecule has 0 fully saturated rings. The molecule has 0 saturated carbocycles. The lowest BCUT2D eigenvalue weighted by atomic mass is 9.92. The van der Waals surface area contributed by atoms with E-state index >= 15 is 0 Å². The van der Waals surface area contributed by atoms with E-state index in [2.05, 4.69) is 20.8 Å². The first-order valence-electron chi connectivity index (χ1n) is 4.23. The molecule has 0 rings (SSSR count). The second-order valence-electron chi connectivity index (χ2n) is 3.65. The molecule has 0 saturated heterocycles. The maximum Gasteiger partial charge on any atom is 0.0416 e. The molecule has 0 radical (unpaired) electrons. The first-order valence-corrected chi connectivity index (χ1v) is 5.14. The minimum Gasteiger partial charge on any atom is -0.127 e. The Hall–Kier alpha value is 0.580. The lowest BCUT2D eigenvalue weighted by molar-refractivity contribution is 0.409. The molecule has 0 aromatic heterocycles. The van der Waals surface area contributed by atoms with E-state index in [-0.39, 0.29) is 4.87 Å². The monoisotopic (exact) mass is 196 g/mol. The van der Waals surface area contributed by atoms with Gasteiger partial charge < -0.3 is 0 Å². The summed E-state index contributed by atoms with van der Waals surface area (Å²) in [5.41, 5.74) is 0. The van der Waals surface area contributed by atoms with E-state index in [9.17, 15) is 0 Å². The maximum atomic E-state index is 6.13. The molecule has 0 bridgehead atoms. The second-order valence-corrected chi connectivity index (χ2v) is 5.00. The molecule has 11 heavy (non-hydrogen) atoms. The fraction of sp³-hybridized carbons (Fsp3) is 1.00. The summed E-state index contributed by atoms with van der Waals surface area (Å²) < 4.78 is 0. The second kappa shape index (κ2) is 5.27. The topological polar surface area (TPSA) is 0 Å². The molecule has 0 amide bonds. The van der Waals surface area contributed by atoms with Gasteiger partial charge in [0.2, 0.25) is 0 Å². The van der Waals surface area contributed by atoms with Gasteiger partial charge in [-0.2, -0.15) is 0 Å². The number of halogens is 2. The Morgan fingerprint density at radius 3 is 2.18 bits per heavy atom. The molecule has 0 aromatic carbocycles. The molecule has 0 aromatic rings. The smallest absolute Gasteiger partial charge is 0.0416 e. The molecule has 0 N–H and O–H groups in total. The molecule has 68 valence electrons. The summed E-state index contributed by atoms with van der Waals surface area (Å²) >= 11 is 11.7. The highest BCUT2D eigenvalue weighted by Gasteiger charge is 2.21. The fourth-order valence-electron chi connectivity index (χ4n) is 0.888. The van der Waals surface area contributed by atoms with Crippen molar-refractivity contribution in [2.75, 3.05) is 5.88 Å². The van der Waals surface area contributed by atoms with Crippen LogP contribution < -0.4 is 0 Å².